The Kier molecular flexibility index (Phi) is 5.33. The van der Waals surface area contributed by atoms with Crippen molar-refractivity contribution in [1.82, 2.24) is 9.80 Å². The van der Waals surface area contributed by atoms with Crippen molar-refractivity contribution in [2.45, 2.75) is 18.9 Å². The molecule has 7 nitrogen and oxygen atoms in total. The second-order valence-corrected chi connectivity index (χ2v) is 6.41. The Morgan fingerprint density at radius 1 is 1.00 bits per heavy atom. The van der Waals surface area contributed by atoms with Crippen molar-refractivity contribution >= 4 is 17.8 Å². The Labute approximate surface area is 146 Å². The lowest BCUT2D eigenvalue weighted by Crippen LogP contribution is -2.51. The van der Waals surface area contributed by atoms with E-state index in [4.69, 9.17) is 9.84 Å². The Morgan fingerprint density at radius 3 is 2.32 bits per heavy atom. The fourth-order valence-corrected chi connectivity index (χ4v) is 3.35. The van der Waals surface area contributed by atoms with Crippen LogP contribution in [0.1, 0.15) is 23.2 Å². The van der Waals surface area contributed by atoms with Crippen molar-refractivity contribution < 1.29 is 24.2 Å². The molecule has 25 heavy (non-hydrogen) atoms. The van der Waals surface area contributed by atoms with E-state index in [2.05, 4.69) is 0 Å². The number of hydrogen-bond donors (Lipinski definition) is 1. The molecule has 1 N–H and O–H groups in total. The molecule has 1 unspecified atom stereocenters. The largest absolute Gasteiger partial charge is 0.479 e. The van der Waals surface area contributed by atoms with Crippen LogP contribution in [-0.4, -0.2) is 71.6 Å². The number of carboxylic acid groups (broad SMARTS) is 1. The molecule has 2 aliphatic rings. The van der Waals surface area contributed by atoms with Crippen molar-refractivity contribution in [2.75, 3.05) is 32.8 Å². The molecule has 3 rings (SSSR count). The second-order valence-electron chi connectivity index (χ2n) is 6.41. The Hall–Kier alpha value is -2.41. The number of likely N-dealkylation sites (tertiary alicyclic amines) is 1. The van der Waals surface area contributed by atoms with Crippen LogP contribution in [-0.2, 0) is 14.3 Å². The van der Waals surface area contributed by atoms with E-state index in [9.17, 15) is 14.4 Å². The van der Waals surface area contributed by atoms with Gasteiger partial charge in [-0.1, -0.05) is 18.2 Å². The van der Waals surface area contributed by atoms with Gasteiger partial charge in [0.25, 0.3) is 5.91 Å². The highest BCUT2D eigenvalue weighted by Gasteiger charge is 2.34. The Bertz CT molecular complexity index is 640. The molecule has 2 heterocycles. The van der Waals surface area contributed by atoms with E-state index in [1.165, 1.54) is 0 Å². The topological polar surface area (TPSA) is 87.2 Å². The minimum absolute atomic E-state index is 0.0104. The van der Waals surface area contributed by atoms with Gasteiger partial charge in [0.15, 0.2) is 6.10 Å². The van der Waals surface area contributed by atoms with Crippen LogP contribution in [0.25, 0.3) is 0 Å². The van der Waals surface area contributed by atoms with Gasteiger partial charge in [-0.15, -0.1) is 0 Å². The van der Waals surface area contributed by atoms with Crippen LogP contribution in [0, 0.1) is 5.92 Å². The molecule has 1 aromatic carbocycles. The number of piperidine rings is 1. The van der Waals surface area contributed by atoms with Crippen molar-refractivity contribution in [3.8, 4) is 0 Å². The van der Waals surface area contributed by atoms with Gasteiger partial charge in [-0.3, -0.25) is 9.59 Å². The number of hydrogen-bond acceptors (Lipinski definition) is 4. The number of carbonyl (C=O) groups excluding carboxylic acids is 2. The van der Waals surface area contributed by atoms with Gasteiger partial charge in [-0.25, -0.2) is 4.79 Å². The van der Waals surface area contributed by atoms with Gasteiger partial charge in [0.2, 0.25) is 5.91 Å². The van der Waals surface area contributed by atoms with Gasteiger partial charge in [0.05, 0.1) is 13.2 Å². The molecule has 2 fully saturated rings. The first-order valence-electron chi connectivity index (χ1n) is 8.54. The second kappa shape index (κ2) is 7.65. The van der Waals surface area contributed by atoms with Crippen LogP contribution >= 0.6 is 0 Å². The molecule has 2 amide bonds. The fourth-order valence-electron chi connectivity index (χ4n) is 3.35. The minimum Gasteiger partial charge on any atom is -0.479 e. The van der Waals surface area contributed by atoms with Crippen LogP contribution < -0.4 is 0 Å². The summed E-state index contributed by atoms with van der Waals surface area (Å²) in [4.78, 5) is 39.5. The lowest BCUT2D eigenvalue weighted by atomic mass is 9.94. The number of ether oxygens (including phenoxy) is 1. The van der Waals surface area contributed by atoms with Crippen LogP contribution in [0.15, 0.2) is 30.3 Å². The molecule has 0 radical (unpaired) electrons. The number of carbonyl (C=O) groups is 3. The first-order chi connectivity index (χ1) is 12.1. The number of aliphatic carboxylic acids is 1. The van der Waals surface area contributed by atoms with Gasteiger partial charge >= 0.3 is 5.97 Å². The van der Waals surface area contributed by atoms with E-state index < -0.39 is 12.1 Å². The van der Waals surface area contributed by atoms with Crippen molar-refractivity contribution in [2.24, 2.45) is 5.92 Å². The molecule has 1 atom stereocenters. The van der Waals surface area contributed by atoms with Gasteiger partial charge in [0, 0.05) is 31.1 Å². The third-order valence-electron chi connectivity index (χ3n) is 4.81. The molecule has 0 aromatic heterocycles. The summed E-state index contributed by atoms with van der Waals surface area (Å²) in [6, 6.07) is 9.12. The number of nitrogens with zero attached hydrogens (tertiary/aromatic N) is 2. The smallest absolute Gasteiger partial charge is 0.334 e. The van der Waals surface area contributed by atoms with Crippen LogP contribution in [0.4, 0.5) is 0 Å². The van der Waals surface area contributed by atoms with E-state index in [0.29, 0.717) is 38.0 Å². The average Bonchev–Trinajstić information content (AvgIpc) is 2.67. The van der Waals surface area contributed by atoms with Crippen LogP contribution in [0.2, 0.25) is 0 Å². The molecule has 7 heteroatoms. The number of carboxylic acids is 1. The lowest BCUT2D eigenvalue weighted by Gasteiger charge is -2.36. The predicted octanol–water partition coefficient (Wildman–Crippen LogP) is 0.851. The molecule has 2 saturated heterocycles. The third-order valence-corrected chi connectivity index (χ3v) is 4.81. The maximum Gasteiger partial charge on any atom is 0.334 e. The molecule has 134 valence electrons. The molecular weight excluding hydrogens is 324 g/mol. The number of morpholine rings is 1. The highest BCUT2D eigenvalue weighted by Crippen LogP contribution is 2.22. The molecule has 0 aliphatic carbocycles. The molecule has 0 bridgehead atoms. The number of benzene rings is 1. The van der Waals surface area contributed by atoms with Gasteiger partial charge in [-0.2, -0.15) is 0 Å². The Morgan fingerprint density at radius 2 is 1.68 bits per heavy atom. The maximum absolute atomic E-state index is 12.6. The zero-order chi connectivity index (χ0) is 17.8. The summed E-state index contributed by atoms with van der Waals surface area (Å²) < 4.78 is 5.16. The molecular formula is C18H22N2O5. The van der Waals surface area contributed by atoms with Crippen molar-refractivity contribution in [3.05, 3.63) is 35.9 Å². The molecule has 0 spiro atoms. The van der Waals surface area contributed by atoms with Crippen LogP contribution in [0.3, 0.4) is 0 Å². The summed E-state index contributed by atoms with van der Waals surface area (Å²) in [6.45, 7) is 1.84. The minimum atomic E-state index is -1.04. The van der Waals surface area contributed by atoms with Gasteiger partial charge in [-0.05, 0) is 25.0 Å². The highest BCUT2D eigenvalue weighted by atomic mass is 16.5. The fraction of sp³-hybridized carbons (Fsp3) is 0.500. The van der Waals surface area contributed by atoms with Crippen molar-refractivity contribution in [1.29, 1.82) is 0 Å². The normalized spacial score (nSPS) is 21.8. The van der Waals surface area contributed by atoms with E-state index >= 15 is 0 Å². The summed E-state index contributed by atoms with van der Waals surface area (Å²) in [6.07, 6.45) is 0.261. The number of rotatable bonds is 3. The van der Waals surface area contributed by atoms with E-state index in [1.807, 2.05) is 18.2 Å². The summed E-state index contributed by atoms with van der Waals surface area (Å²) in [5.74, 6) is -1.24. The van der Waals surface area contributed by atoms with Gasteiger partial charge in [0.1, 0.15) is 0 Å². The predicted molar refractivity (Wildman–Crippen MR) is 89.0 cm³/mol. The first-order valence-corrected chi connectivity index (χ1v) is 8.54. The molecule has 2 aliphatic heterocycles. The van der Waals surface area contributed by atoms with E-state index in [1.54, 1.807) is 21.9 Å². The lowest BCUT2D eigenvalue weighted by molar-refractivity contribution is -0.161. The van der Waals surface area contributed by atoms with Crippen molar-refractivity contribution in [3.63, 3.8) is 0 Å². The quantitative estimate of drug-likeness (QED) is 0.877. The summed E-state index contributed by atoms with van der Waals surface area (Å²) in [7, 11) is 0. The third kappa shape index (κ3) is 3.99. The van der Waals surface area contributed by atoms with Gasteiger partial charge < -0.3 is 19.6 Å². The van der Waals surface area contributed by atoms with E-state index in [0.717, 1.165) is 0 Å². The summed E-state index contributed by atoms with van der Waals surface area (Å²) >= 11 is 0. The SMILES string of the molecule is O=C(O)C1CN(C(=O)C2CCN(C(=O)c3ccccc3)CC2)CCO1. The first kappa shape index (κ1) is 17.4. The monoisotopic (exact) mass is 346 g/mol. The highest BCUT2D eigenvalue weighted by molar-refractivity contribution is 5.94. The zero-order valence-corrected chi connectivity index (χ0v) is 14.0. The standard InChI is InChI=1S/C18H22N2O5/c21-16(13-4-2-1-3-5-13)19-8-6-14(7-9-19)17(22)20-10-11-25-15(12-20)18(23)24/h1-5,14-15H,6-12H2,(H,23,24). The van der Waals surface area contributed by atoms with E-state index in [-0.39, 0.29) is 30.9 Å². The Balaban J connectivity index is 1.54. The van der Waals surface area contributed by atoms with Crippen LogP contribution in [0.5, 0.6) is 0 Å². The average molecular weight is 346 g/mol. The summed E-state index contributed by atoms with van der Waals surface area (Å²) in [5, 5.41) is 9.05. The summed E-state index contributed by atoms with van der Waals surface area (Å²) in [5.41, 5.74) is 0.657. The maximum atomic E-state index is 12.6. The number of amides is 2. The zero-order valence-electron chi connectivity index (χ0n) is 14.0. The molecule has 0 saturated carbocycles. The molecule has 1 aromatic rings.